The van der Waals surface area contributed by atoms with Crippen molar-refractivity contribution in [3.8, 4) is 12.3 Å². The van der Waals surface area contributed by atoms with Gasteiger partial charge in [0.2, 0.25) is 0 Å². The Morgan fingerprint density at radius 3 is 2.67 bits per heavy atom. The maximum Gasteiger partial charge on any atom is 0.0684 e. The van der Waals surface area contributed by atoms with E-state index in [0.717, 1.165) is 6.42 Å². The van der Waals surface area contributed by atoms with Crippen molar-refractivity contribution in [2.24, 2.45) is 0 Å². The van der Waals surface area contributed by atoms with Gasteiger partial charge in [0.15, 0.2) is 0 Å². The van der Waals surface area contributed by atoms with Crippen molar-refractivity contribution in [1.29, 1.82) is 0 Å². The lowest BCUT2D eigenvalue weighted by Gasteiger charge is -2.06. The normalized spacial score (nSPS) is 12.6. The highest BCUT2D eigenvalue weighted by atomic mass is 14.8. The minimum absolute atomic E-state index is 0.282. The van der Waals surface area contributed by atoms with Gasteiger partial charge in [-0.25, -0.2) is 0 Å². The molecule has 1 nitrogen and oxygen atoms in total. The molecule has 0 bridgehead atoms. The Morgan fingerprint density at radius 1 is 1.67 bits per heavy atom. The summed E-state index contributed by atoms with van der Waals surface area (Å²) in [7, 11) is 1.90. The average molecular weight is 125 g/mol. The van der Waals surface area contributed by atoms with E-state index >= 15 is 0 Å². The van der Waals surface area contributed by atoms with E-state index in [1.807, 2.05) is 7.05 Å². The monoisotopic (exact) mass is 125 g/mol. The van der Waals surface area contributed by atoms with E-state index in [-0.39, 0.29) is 6.04 Å². The molecule has 0 aliphatic heterocycles. The lowest BCUT2D eigenvalue weighted by atomic mass is 10.1. The number of unbranched alkanes of at least 4 members (excludes halogenated alkanes) is 1. The molecule has 0 spiro atoms. The van der Waals surface area contributed by atoms with Gasteiger partial charge < -0.3 is 5.32 Å². The van der Waals surface area contributed by atoms with E-state index in [1.54, 1.807) is 0 Å². The summed E-state index contributed by atoms with van der Waals surface area (Å²) in [5, 5.41) is 3.05. The molecule has 0 saturated heterocycles. The van der Waals surface area contributed by atoms with Crippen molar-refractivity contribution in [3.05, 3.63) is 0 Å². The van der Waals surface area contributed by atoms with Crippen LogP contribution in [-0.4, -0.2) is 13.1 Å². The Morgan fingerprint density at radius 2 is 2.33 bits per heavy atom. The van der Waals surface area contributed by atoms with Gasteiger partial charge in [-0.1, -0.05) is 25.7 Å². The second-order valence-corrected chi connectivity index (χ2v) is 2.15. The van der Waals surface area contributed by atoms with Crippen LogP contribution in [0.4, 0.5) is 0 Å². The van der Waals surface area contributed by atoms with E-state index < -0.39 is 0 Å². The highest BCUT2D eigenvalue weighted by Crippen LogP contribution is 1.97. The van der Waals surface area contributed by atoms with Crippen molar-refractivity contribution in [2.45, 2.75) is 32.2 Å². The maximum atomic E-state index is 5.21. The molecular weight excluding hydrogens is 110 g/mol. The first kappa shape index (κ1) is 8.52. The van der Waals surface area contributed by atoms with Crippen LogP contribution < -0.4 is 5.32 Å². The summed E-state index contributed by atoms with van der Waals surface area (Å²) < 4.78 is 0. The van der Waals surface area contributed by atoms with Crippen LogP contribution in [0.2, 0.25) is 0 Å². The zero-order valence-corrected chi connectivity index (χ0v) is 6.28. The van der Waals surface area contributed by atoms with E-state index in [9.17, 15) is 0 Å². The van der Waals surface area contributed by atoms with Crippen LogP contribution in [0.15, 0.2) is 0 Å². The molecule has 0 aromatic carbocycles. The van der Waals surface area contributed by atoms with Crippen molar-refractivity contribution in [1.82, 2.24) is 5.32 Å². The van der Waals surface area contributed by atoms with Crippen LogP contribution in [0, 0.1) is 12.3 Å². The van der Waals surface area contributed by atoms with Crippen molar-refractivity contribution in [3.63, 3.8) is 0 Å². The van der Waals surface area contributed by atoms with Gasteiger partial charge in [-0.3, -0.25) is 0 Å². The van der Waals surface area contributed by atoms with E-state index in [0.29, 0.717) is 0 Å². The SMILES string of the molecule is C#C[C@@H](CCCC)NC. The van der Waals surface area contributed by atoms with Gasteiger partial charge in [0.1, 0.15) is 0 Å². The second-order valence-electron chi connectivity index (χ2n) is 2.15. The molecule has 0 radical (unpaired) electrons. The minimum Gasteiger partial charge on any atom is -0.307 e. The summed E-state index contributed by atoms with van der Waals surface area (Å²) in [5.74, 6) is 2.68. The van der Waals surface area contributed by atoms with Crippen LogP contribution in [0.3, 0.4) is 0 Å². The first-order valence-electron chi connectivity index (χ1n) is 3.48. The number of hydrogen-bond donors (Lipinski definition) is 1. The molecule has 0 aromatic rings. The van der Waals surface area contributed by atoms with Gasteiger partial charge in [-0.15, -0.1) is 6.42 Å². The standard InChI is InChI=1S/C8H15N/c1-4-6-7-8(5-2)9-3/h2,8-9H,4,6-7H2,1,3H3/t8-/m0/s1. The summed E-state index contributed by atoms with van der Waals surface area (Å²) in [6.07, 6.45) is 8.75. The number of nitrogens with one attached hydrogen (secondary N) is 1. The smallest absolute Gasteiger partial charge is 0.0684 e. The molecule has 0 aromatic heterocycles. The van der Waals surface area contributed by atoms with Crippen LogP contribution in [0.25, 0.3) is 0 Å². The number of hydrogen-bond acceptors (Lipinski definition) is 1. The van der Waals surface area contributed by atoms with Crippen LogP contribution in [0.1, 0.15) is 26.2 Å². The Bertz CT molecular complexity index is 91.2. The van der Waals surface area contributed by atoms with Gasteiger partial charge >= 0.3 is 0 Å². The first-order chi connectivity index (χ1) is 4.35. The van der Waals surface area contributed by atoms with E-state index in [1.165, 1.54) is 12.8 Å². The molecule has 0 amide bonds. The number of terminal acetylenes is 1. The van der Waals surface area contributed by atoms with Crippen LogP contribution >= 0.6 is 0 Å². The predicted octanol–water partition coefficient (Wildman–Crippen LogP) is 1.40. The number of rotatable bonds is 4. The van der Waals surface area contributed by atoms with Gasteiger partial charge in [0.25, 0.3) is 0 Å². The summed E-state index contributed by atoms with van der Waals surface area (Å²) in [5.41, 5.74) is 0. The first-order valence-corrected chi connectivity index (χ1v) is 3.48. The molecule has 0 heterocycles. The molecule has 0 aliphatic carbocycles. The highest BCUT2D eigenvalue weighted by Gasteiger charge is 1.97. The summed E-state index contributed by atoms with van der Waals surface area (Å²) in [4.78, 5) is 0. The summed E-state index contributed by atoms with van der Waals surface area (Å²) in [6.45, 7) is 2.17. The quantitative estimate of drug-likeness (QED) is 0.560. The Hall–Kier alpha value is -0.480. The fraction of sp³-hybridized carbons (Fsp3) is 0.750. The van der Waals surface area contributed by atoms with Crippen molar-refractivity contribution < 1.29 is 0 Å². The van der Waals surface area contributed by atoms with Crippen molar-refractivity contribution in [2.75, 3.05) is 7.05 Å². The van der Waals surface area contributed by atoms with Crippen molar-refractivity contribution >= 4 is 0 Å². The molecule has 0 saturated carbocycles. The maximum absolute atomic E-state index is 5.21. The van der Waals surface area contributed by atoms with E-state index in [2.05, 4.69) is 18.2 Å². The molecule has 9 heavy (non-hydrogen) atoms. The molecule has 1 atom stereocenters. The van der Waals surface area contributed by atoms with Gasteiger partial charge in [-0.2, -0.15) is 0 Å². The molecule has 1 heteroatoms. The van der Waals surface area contributed by atoms with Gasteiger partial charge in [-0.05, 0) is 13.5 Å². The fourth-order valence-electron chi connectivity index (χ4n) is 0.719. The molecule has 0 rings (SSSR count). The third kappa shape index (κ3) is 4.05. The van der Waals surface area contributed by atoms with Gasteiger partial charge in [0.05, 0.1) is 6.04 Å². The molecule has 0 fully saturated rings. The molecule has 0 aliphatic rings. The Kier molecular flexibility index (Phi) is 5.35. The Balaban J connectivity index is 3.23. The Labute approximate surface area is 57.8 Å². The zero-order chi connectivity index (χ0) is 7.11. The third-order valence-corrected chi connectivity index (χ3v) is 1.40. The summed E-state index contributed by atoms with van der Waals surface area (Å²) in [6, 6.07) is 0.282. The molecule has 1 N–H and O–H groups in total. The van der Waals surface area contributed by atoms with Gasteiger partial charge in [0, 0.05) is 0 Å². The summed E-state index contributed by atoms with van der Waals surface area (Å²) >= 11 is 0. The third-order valence-electron chi connectivity index (χ3n) is 1.40. The second kappa shape index (κ2) is 5.65. The minimum atomic E-state index is 0.282. The zero-order valence-electron chi connectivity index (χ0n) is 6.28. The average Bonchev–Trinajstić information content (AvgIpc) is 1.91. The highest BCUT2D eigenvalue weighted by molar-refractivity contribution is 4.97. The lowest BCUT2D eigenvalue weighted by Crippen LogP contribution is -2.22. The fourth-order valence-corrected chi connectivity index (χ4v) is 0.719. The molecular formula is C8H15N. The van der Waals surface area contributed by atoms with Crippen LogP contribution in [0.5, 0.6) is 0 Å². The predicted molar refractivity (Wildman–Crippen MR) is 41.2 cm³/mol. The molecule has 52 valence electrons. The topological polar surface area (TPSA) is 12.0 Å². The largest absolute Gasteiger partial charge is 0.307 e. The molecule has 0 unspecified atom stereocenters. The van der Waals surface area contributed by atoms with Crippen LogP contribution in [-0.2, 0) is 0 Å². The van der Waals surface area contributed by atoms with E-state index in [4.69, 9.17) is 6.42 Å². The lowest BCUT2D eigenvalue weighted by molar-refractivity contribution is 0.592.